The molecule has 168 valence electrons. The molecule has 0 saturated carbocycles. The molecule has 1 saturated heterocycles. The first-order chi connectivity index (χ1) is 15.3. The van der Waals surface area contributed by atoms with Gasteiger partial charge < -0.3 is 25.8 Å². The molecule has 2 aliphatic rings. The number of thiazole rings is 2. The first-order valence-electron chi connectivity index (χ1n) is 9.25. The van der Waals surface area contributed by atoms with Crippen molar-refractivity contribution < 1.29 is 28.9 Å². The number of nitrogen functional groups attached to an aromatic ring is 1. The van der Waals surface area contributed by atoms with Gasteiger partial charge in [-0.2, -0.15) is 4.57 Å². The number of carboxylic acids is 1. The highest BCUT2D eigenvalue weighted by molar-refractivity contribution is 8.00. The number of anilines is 1. The summed E-state index contributed by atoms with van der Waals surface area (Å²) in [5.74, 6) is -2.25. The molecule has 2 aromatic heterocycles. The normalized spacial score (nSPS) is 20.6. The molecule has 0 spiro atoms. The van der Waals surface area contributed by atoms with Crippen molar-refractivity contribution in [3.63, 3.8) is 0 Å². The van der Waals surface area contributed by atoms with Crippen LogP contribution >= 0.6 is 34.4 Å². The zero-order chi connectivity index (χ0) is 23.0. The van der Waals surface area contributed by atoms with E-state index in [0.29, 0.717) is 17.9 Å². The van der Waals surface area contributed by atoms with Crippen LogP contribution in [0.25, 0.3) is 0 Å². The zero-order valence-electron chi connectivity index (χ0n) is 16.9. The minimum atomic E-state index is -1.42. The van der Waals surface area contributed by atoms with Crippen LogP contribution in [0.2, 0.25) is 0 Å². The largest absolute Gasteiger partial charge is 0.543 e. The molecule has 3 N–H and O–H groups in total. The summed E-state index contributed by atoms with van der Waals surface area (Å²) in [6.07, 6.45) is 0. The van der Waals surface area contributed by atoms with Crippen molar-refractivity contribution in [3.05, 3.63) is 38.9 Å². The predicted octanol–water partition coefficient (Wildman–Crippen LogP) is -1.16. The molecule has 2 amide bonds. The van der Waals surface area contributed by atoms with Crippen molar-refractivity contribution in [2.24, 2.45) is 5.16 Å². The number of hydrogen-bond acceptors (Lipinski definition) is 11. The summed E-state index contributed by atoms with van der Waals surface area (Å²) in [4.78, 5) is 47.5. The molecule has 0 unspecified atom stereocenters. The van der Waals surface area contributed by atoms with Crippen molar-refractivity contribution in [1.82, 2.24) is 15.2 Å². The lowest BCUT2D eigenvalue weighted by atomic mass is 10.0. The maximum Gasteiger partial charge on any atom is 0.276 e. The molecular formula is C18H18N6O5S3. The van der Waals surface area contributed by atoms with Gasteiger partial charge in [-0.25, -0.2) is 4.98 Å². The standard InChI is InChI=1S/C18H18N6O5S3/c1-8-4-30-7-23(8)3-9-5-31-16-12(15(26)24(16)13(9)17(27)28)21-14(25)11(22-29-2)10-6-32-18(19)20-10/h4,6-7,12,16H,3,5H2,1-2H3,(H3-,19,20,21,25,27,28)/t12-,16+/m1/s1. The van der Waals surface area contributed by atoms with Gasteiger partial charge in [0.2, 0.25) is 5.51 Å². The number of aromatic nitrogens is 2. The number of rotatable bonds is 7. The van der Waals surface area contributed by atoms with Crippen LogP contribution in [0.15, 0.2) is 32.7 Å². The van der Waals surface area contributed by atoms with Gasteiger partial charge in [-0.3, -0.25) is 14.5 Å². The Morgan fingerprint density at radius 3 is 2.84 bits per heavy atom. The minimum Gasteiger partial charge on any atom is -0.543 e. The number of oxime groups is 1. The van der Waals surface area contributed by atoms with Crippen LogP contribution < -0.4 is 20.7 Å². The number of nitrogens with zero attached hydrogens (tertiary/aromatic N) is 4. The van der Waals surface area contributed by atoms with E-state index in [1.54, 1.807) is 5.38 Å². The molecule has 4 heterocycles. The highest BCUT2D eigenvalue weighted by Crippen LogP contribution is 2.40. The Labute approximate surface area is 194 Å². The second-order valence-corrected chi connectivity index (χ2v) is 9.64. The summed E-state index contributed by atoms with van der Waals surface area (Å²) in [5, 5.41) is 21.4. The molecule has 0 bridgehead atoms. The fourth-order valence-electron chi connectivity index (χ4n) is 3.42. The number of aliphatic carboxylic acids is 1. The van der Waals surface area contributed by atoms with Gasteiger partial charge in [-0.05, 0) is 0 Å². The van der Waals surface area contributed by atoms with E-state index in [0.717, 1.165) is 17.0 Å². The molecule has 32 heavy (non-hydrogen) atoms. The van der Waals surface area contributed by atoms with Crippen LogP contribution in [-0.2, 0) is 25.8 Å². The Kier molecular flexibility index (Phi) is 6.17. The molecule has 0 aromatic carbocycles. The highest BCUT2D eigenvalue weighted by Gasteiger charge is 2.53. The average molecular weight is 495 g/mol. The highest BCUT2D eigenvalue weighted by atomic mass is 32.2. The number of nitrogens with one attached hydrogen (secondary N) is 1. The van der Waals surface area contributed by atoms with Gasteiger partial charge in [-0.15, -0.1) is 23.1 Å². The Bertz CT molecular complexity index is 1160. The lowest BCUT2D eigenvalue weighted by Crippen LogP contribution is -2.71. The smallest absolute Gasteiger partial charge is 0.276 e. The third kappa shape index (κ3) is 3.96. The first-order valence-corrected chi connectivity index (χ1v) is 12.1. The molecule has 0 radical (unpaired) electrons. The first kappa shape index (κ1) is 22.2. The van der Waals surface area contributed by atoms with Crippen LogP contribution in [0.4, 0.5) is 5.13 Å². The zero-order valence-corrected chi connectivity index (χ0v) is 19.4. The molecule has 4 rings (SSSR count). The Morgan fingerprint density at radius 1 is 1.47 bits per heavy atom. The number of carbonyl (C=O) groups is 3. The van der Waals surface area contributed by atoms with Crippen LogP contribution in [0.1, 0.15) is 11.4 Å². The maximum atomic E-state index is 12.8. The summed E-state index contributed by atoms with van der Waals surface area (Å²) >= 11 is 4.01. The summed E-state index contributed by atoms with van der Waals surface area (Å²) in [6.45, 7) is 2.26. The topological polar surface area (TPSA) is 154 Å². The van der Waals surface area contributed by atoms with Crippen molar-refractivity contribution in [2.45, 2.75) is 24.9 Å². The molecule has 2 aromatic rings. The number of hydrogen-bond donors (Lipinski definition) is 2. The number of aryl methyl sites for hydroxylation is 1. The number of β-lactam (4-membered cyclic amide) rings is 1. The molecule has 1 fully saturated rings. The summed E-state index contributed by atoms with van der Waals surface area (Å²) < 4.78 is 1.92. The molecular weight excluding hydrogens is 476 g/mol. The number of fused-ring (bicyclic) bond motifs is 1. The number of carbonyl (C=O) groups excluding carboxylic acids is 3. The van der Waals surface area contributed by atoms with Crippen molar-refractivity contribution >= 4 is 63.1 Å². The van der Waals surface area contributed by atoms with Crippen molar-refractivity contribution in [3.8, 4) is 0 Å². The number of nitrogens with two attached hydrogens (primary N) is 1. The van der Waals surface area contributed by atoms with Gasteiger partial charge in [-0.1, -0.05) is 16.5 Å². The SMILES string of the molecule is CON=C(C(=O)N[C@@H]1C(=O)N2C(C(=O)[O-])=C(C[n+]3cscc3C)CS[C@@H]12)c1csc(N)n1. The molecule has 2 atom stereocenters. The van der Waals surface area contributed by atoms with Crippen molar-refractivity contribution in [2.75, 3.05) is 18.6 Å². The third-order valence-corrected chi connectivity index (χ3v) is 7.80. The van der Waals surface area contributed by atoms with Crippen LogP contribution in [0, 0.1) is 6.92 Å². The van der Waals surface area contributed by atoms with Gasteiger partial charge in [0.15, 0.2) is 23.1 Å². The van der Waals surface area contributed by atoms with E-state index < -0.39 is 29.2 Å². The molecule has 11 nitrogen and oxygen atoms in total. The Morgan fingerprint density at radius 2 is 2.25 bits per heavy atom. The van der Waals surface area contributed by atoms with E-state index in [9.17, 15) is 19.5 Å². The summed E-state index contributed by atoms with van der Waals surface area (Å²) in [6, 6.07) is -0.919. The summed E-state index contributed by atoms with van der Waals surface area (Å²) in [7, 11) is 1.28. The van der Waals surface area contributed by atoms with E-state index in [1.165, 1.54) is 35.1 Å². The Hall–Kier alpha value is -2.97. The fourth-order valence-corrected chi connectivity index (χ4v) is 6.08. The second-order valence-electron chi connectivity index (χ2n) is 6.92. The fraction of sp³-hybridized carbons (Fsp3) is 0.333. The minimum absolute atomic E-state index is 0.131. The lowest BCUT2D eigenvalue weighted by Gasteiger charge is -2.50. The molecule has 2 aliphatic heterocycles. The van der Waals surface area contributed by atoms with Gasteiger partial charge in [0.05, 0.1) is 17.0 Å². The van der Waals surface area contributed by atoms with E-state index in [1.807, 2.05) is 22.4 Å². The monoisotopic (exact) mass is 494 g/mol. The van der Waals surface area contributed by atoms with E-state index in [4.69, 9.17) is 10.6 Å². The van der Waals surface area contributed by atoms with E-state index in [2.05, 4.69) is 15.5 Å². The maximum absolute atomic E-state index is 12.8. The number of thioether (sulfide) groups is 1. The van der Waals surface area contributed by atoms with E-state index in [-0.39, 0.29) is 22.2 Å². The van der Waals surface area contributed by atoms with E-state index >= 15 is 0 Å². The van der Waals surface area contributed by atoms with Crippen LogP contribution in [0.3, 0.4) is 0 Å². The Balaban J connectivity index is 1.54. The lowest BCUT2D eigenvalue weighted by molar-refractivity contribution is -0.690. The van der Waals surface area contributed by atoms with Gasteiger partial charge in [0.1, 0.15) is 24.2 Å². The average Bonchev–Trinajstić information content (AvgIpc) is 3.37. The number of carboxylic acid groups (broad SMARTS) is 1. The van der Waals surface area contributed by atoms with Crippen LogP contribution in [0.5, 0.6) is 0 Å². The quantitative estimate of drug-likeness (QED) is 0.211. The third-order valence-electron chi connectivity index (χ3n) is 4.93. The number of amides is 2. The molecule has 14 heteroatoms. The van der Waals surface area contributed by atoms with Crippen LogP contribution in [-0.4, -0.2) is 57.7 Å². The van der Waals surface area contributed by atoms with Crippen molar-refractivity contribution in [1.29, 1.82) is 0 Å². The molecule has 0 aliphatic carbocycles. The van der Waals surface area contributed by atoms with Gasteiger partial charge in [0.25, 0.3) is 11.8 Å². The van der Waals surface area contributed by atoms with Gasteiger partial charge >= 0.3 is 0 Å². The summed E-state index contributed by atoms with van der Waals surface area (Å²) in [5.41, 5.74) is 9.02. The predicted molar refractivity (Wildman–Crippen MR) is 116 cm³/mol. The second kappa shape index (κ2) is 8.88. The van der Waals surface area contributed by atoms with Gasteiger partial charge in [0, 0.05) is 23.6 Å².